The molecule has 2 heterocycles. The predicted octanol–water partition coefficient (Wildman–Crippen LogP) is 3.53. The van der Waals surface area contributed by atoms with Gasteiger partial charge < -0.3 is 19.9 Å². The average molecular weight is 390 g/mol. The minimum absolute atomic E-state index is 0.0526. The summed E-state index contributed by atoms with van der Waals surface area (Å²) in [5.74, 6) is 1.75. The minimum Gasteiger partial charge on any atom is -0.370 e. The molecular weight excluding hydrogens is 362 g/mol. The van der Waals surface area contributed by atoms with Gasteiger partial charge in [0.1, 0.15) is 11.9 Å². The van der Waals surface area contributed by atoms with Crippen LogP contribution in [0, 0.1) is 6.92 Å². The van der Waals surface area contributed by atoms with Crippen molar-refractivity contribution >= 4 is 5.96 Å². The first kappa shape index (κ1) is 19.2. The van der Waals surface area contributed by atoms with E-state index in [4.69, 9.17) is 4.74 Å². The van der Waals surface area contributed by atoms with Gasteiger partial charge in [0, 0.05) is 13.6 Å². The molecule has 150 valence electrons. The summed E-state index contributed by atoms with van der Waals surface area (Å²) in [5.41, 5.74) is 4.64. The molecule has 0 amide bonds. The Morgan fingerprint density at radius 3 is 2.79 bits per heavy atom. The Labute approximate surface area is 171 Å². The van der Waals surface area contributed by atoms with Crippen LogP contribution in [0.2, 0.25) is 0 Å². The van der Waals surface area contributed by atoms with Crippen LogP contribution in [0.15, 0.2) is 65.8 Å². The van der Waals surface area contributed by atoms with E-state index >= 15 is 0 Å². The van der Waals surface area contributed by atoms with E-state index in [-0.39, 0.29) is 6.10 Å². The van der Waals surface area contributed by atoms with Gasteiger partial charge in [-0.3, -0.25) is 4.99 Å². The number of aromatic nitrogens is 2. The molecule has 0 bridgehead atoms. The van der Waals surface area contributed by atoms with Crippen LogP contribution in [0.25, 0.3) is 11.3 Å². The lowest BCUT2D eigenvalue weighted by Gasteiger charge is -2.35. The summed E-state index contributed by atoms with van der Waals surface area (Å²) in [6.45, 7) is 4.99. The van der Waals surface area contributed by atoms with E-state index in [9.17, 15) is 0 Å². The number of ether oxygens (including phenoxy) is 1. The summed E-state index contributed by atoms with van der Waals surface area (Å²) >= 11 is 0. The van der Waals surface area contributed by atoms with Crippen LogP contribution >= 0.6 is 0 Å². The Balaban J connectivity index is 1.39. The monoisotopic (exact) mass is 389 g/mol. The van der Waals surface area contributed by atoms with Crippen LogP contribution < -0.4 is 5.32 Å². The highest BCUT2D eigenvalue weighted by Gasteiger charge is 2.25. The summed E-state index contributed by atoms with van der Waals surface area (Å²) < 4.78 is 6.04. The second-order valence-electron chi connectivity index (χ2n) is 7.17. The molecule has 0 radical (unpaired) electrons. The first-order valence-electron chi connectivity index (χ1n) is 9.96. The maximum atomic E-state index is 6.04. The van der Waals surface area contributed by atoms with E-state index in [1.54, 1.807) is 0 Å². The van der Waals surface area contributed by atoms with Crippen LogP contribution in [0.5, 0.6) is 0 Å². The number of rotatable bonds is 4. The predicted molar refractivity (Wildman–Crippen MR) is 116 cm³/mol. The SMILES string of the molecule is CN=C(NCc1ncc(-c2ccccc2)[nH]1)N1CCOC(c2ccccc2C)C1. The van der Waals surface area contributed by atoms with Gasteiger partial charge in [0.25, 0.3) is 0 Å². The van der Waals surface area contributed by atoms with E-state index in [1.807, 2.05) is 31.4 Å². The van der Waals surface area contributed by atoms with E-state index < -0.39 is 0 Å². The number of aromatic amines is 1. The molecule has 6 heteroatoms. The fourth-order valence-electron chi connectivity index (χ4n) is 3.69. The van der Waals surface area contributed by atoms with E-state index in [0.29, 0.717) is 13.2 Å². The molecule has 2 N–H and O–H groups in total. The second-order valence-corrected chi connectivity index (χ2v) is 7.17. The zero-order valence-electron chi connectivity index (χ0n) is 16.9. The summed E-state index contributed by atoms with van der Waals surface area (Å²) in [6, 6.07) is 18.6. The van der Waals surface area contributed by atoms with Crippen molar-refractivity contribution in [2.24, 2.45) is 4.99 Å². The van der Waals surface area contributed by atoms with Crippen molar-refractivity contribution in [1.29, 1.82) is 0 Å². The van der Waals surface area contributed by atoms with Crippen molar-refractivity contribution < 1.29 is 4.74 Å². The molecule has 3 aromatic rings. The smallest absolute Gasteiger partial charge is 0.194 e. The summed E-state index contributed by atoms with van der Waals surface area (Å²) in [5, 5.41) is 3.43. The molecule has 2 aromatic carbocycles. The van der Waals surface area contributed by atoms with Crippen molar-refractivity contribution in [2.45, 2.75) is 19.6 Å². The second kappa shape index (κ2) is 8.92. The molecule has 0 spiro atoms. The van der Waals surface area contributed by atoms with Gasteiger partial charge in [-0.15, -0.1) is 0 Å². The molecule has 1 aliphatic rings. The lowest BCUT2D eigenvalue weighted by Crippen LogP contribution is -2.48. The van der Waals surface area contributed by atoms with Gasteiger partial charge >= 0.3 is 0 Å². The third kappa shape index (κ3) is 4.49. The number of morpholine rings is 1. The number of aliphatic imine (C=N–C) groups is 1. The topological polar surface area (TPSA) is 65.5 Å². The normalized spacial score (nSPS) is 17.4. The lowest BCUT2D eigenvalue weighted by molar-refractivity contribution is -0.00834. The van der Waals surface area contributed by atoms with Gasteiger partial charge in [-0.1, -0.05) is 54.6 Å². The van der Waals surface area contributed by atoms with Crippen molar-refractivity contribution in [2.75, 3.05) is 26.7 Å². The summed E-state index contributed by atoms with van der Waals surface area (Å²) in [7, 11) is 1.82. The molecule has 0 aliphatic carbocycles. The molecule has 1 unspecified atom stereocenters. The van der Waals surface area contributed by atoms with Crippen LogP contribution in [0.3, 0.4) is 0 Å². The van der Waals surface area contributed by atoms with E-state index in [0.717, 1.165) is 36.1 Å². The number of guanidine groups is 1. The number of hydrogen-bond acceptors (Lipinski definition) is 3. The molecule has 1 saturated heterocycles. The van der Waals surface area contributed by atoms with Crippen LogP contribution in [-0.2, 0) is 11.3 Å². The number of H-pyrrole nitrogens is 1. The Kier molecular flexibility index (Phi) is 5.91. The Bertz CT molecular complexity index is 966. The van der Waals surface area contributed by atoms with Gasteiger partial charge in [0.2, 0.25) is 0 Å². The molecule has 1 aliphatic heterocycles. The maximum absolute atomic E-state index is 6.04. The number of imidazole rings is 1. The van der Waals surface area contributed by atoms with Gasteiger partial charge in [0.05, 0.1) is 31.6 Å². The van der Waals surface area contributed by atoms with Crippen molar-refractivity contribution in [3.8, 4) is 11.3 Å². The van der Waals surface area contributed by atoms with Crippen molar-refractivity contribution in [1.82, 2.24) is 20.2 Å². The molecule has 1 atom stereocenters. The Morgan fingerprint density at radius 1 is 1.21 bits per heavy atom. The van der Waals surface area contributed by atoms with Gasteiger partial charge in [0.15, 0.2) is 5.96 Å². The first-order valence-corrected chi connectivity index (χ1v) is 9.96. The first-order chi connectivity index (χ1) is 14.2. The van der Waals surface area contributed by atoms with E-state index in [1.165, 1.54) is 11.1 Å². The highest BCUT2D eigenvalue weighted by atomic mass is 16.5. The Hall–Kier alpha value is -3.12. The van der Waals surface area contributed by atoms with Gasteiger partial charge in [-0.05, 0) is 23.6 Å². The molecule has 29 heavy (non-hydrogen) atoms. The van der Waals surface area contributed by atoms with Crippen molar-refractivity contribution in [3.05, 3.63) is 77.7 Å². The maximum Gasteiger partial charge on any atom is 0.194 e. The number of benzene rings is 2. The zero-order chi connectivity index (χ0) is 20.1. The minimum atomic E-state index is 0.0526. The average Bonchev–Trinajstić information content (AvgIpc) is 3.24. The number of nitrogens with one attached hydrogen (secondary N) is 2. The molecule has 4 rings (SSSR count). The fraction of sp³-hybridized carbons (Fsp3) is 0.304. The number of hydrogen-bond donors (Lipinski definition) is 2. The highest BCUT2D eigenvalue weighted by molar-refractivity contribution is 5.80. The third-order valence-corrected chi connectivity index (χ3v) is 5.24. The van der Waals surface area contributed by atoms with Gasteiger partial charge in [-0.25, -0.2) is 4.98 Å². The quantitative estimate of drug-likeness (QED) is 0.529. The molecular formula is C23H27N5O. The molecule has 1 fully saturated rings. The largest absolute Gasteiger partial charge is 0.370 e. The van der Waals surface area contributed by atoms with Crippen LogP contribution in [0.1, 0.15) is 23.1 Å². The van der Waals surface area contributed by atoms with Crippen LogP contribution in [0.4, 0.5) is 0 Å². The van der Waals surface area contributed by atoms with Crippen LogP contribution in [-0.4, -0.2) is 47.6 Å². The lowest BCUT2D eigenvalue weighted by atomic mass is 10.0. The molecule has 1 aromatic heterocycles. The number of nitrogens with zero attached hydrogens (tertiary/aromatic N) is 3. The van der Waals surface area contributed by atoms with E-state index in [2.05, 4.69) is 68.5 Å². The van der Waals surface area contributed by atoms with Crippen molar-refractivity contribution in [3.63, 3.8) is 0 Å². The zero-order valence-corrected chi connectivity index (χ0v) is 16.9. The van der Waals surface area contributed by atoms with Gasteiger partial charge in [-0.2, -0.15) is 0 Å². The Morgan fingerprint density at radius 2 is 2.00 bits per heavy atom. The highest BCUT2D eigenvalue weighted by Crippen LogP contribution is 2.25. The summed E-state index contributed by atoms with van der Waals surface area (Å²) in [6.07, 6.45) is 1.93. The third-order valence-electron chi connectivity index (χ3n) is 5.24. The number of aryl methyl sites for hydroxylation is 1. The standard InChI is InChI=1S/C23H27N5O/c1-17-8-6-7-11-19(17)21-16-28(12-13-29-21)23(24-2)26-15-22-25-14-20(27-22)18-9-4-3-5-10-18/h3-11,14,21H,12-13,15-16H2,1-2H3,(H,24,26)(H,25,27). The molecule has 6 nitrogen and oxygen atoms in total. The summed E-state index contributed by atoms with van der Waals surface area (Å²) in [4.78, 5) is 14.6. The fourth-order valence-corrected chi connectivity index (χ4v) is 3.69. The molecule has 0 saturated carbocycles.